The summed E-state index contributed by atoms with van der Waals surface area (Å²) in [5, 5.41) is 2.56. The first-order chi connectivity index (χ1) is 7.02. The highest BCUT2D eigenvalue weighted by Crippen LogP contribution is 2.03. The molecule has 0 spiro atoms. The maximum Gasteiger partial charge on any atom is 0.328 e. The largest absolute Gasteiger partial charge is 0.467 e. The van der Waals surface area contributed by atoms with Gasteiger partial charge in [-0.3, -0.25) is 4.79 Å². The SMILES string of the molecule is CCOCC(=O)NC(C(=O)OC)C(C)C. The van der Waals surface area contributed by atoms with Gasteiger partial charge in [-0.25, -0.2) is 4.79 Å². The van der Waals surface area contributed by atoms with Crippen LogP contribution in [0.1, 0.15) is 20.8 Å². The van der Waals surface area contributed by atoms with Crippen LogP contribution >= 0.6 is 0 Å². The van der Waals surface area contributed by atoms with Gasteiger partial charge in [0.05, 0.1) is 7.11 Å². The van der Waals surface area contributed by atoms with Gasteiger partial charge in [0.25, 0.3) is 0 Å². The van der Waals surface area contributed by atoms with Crippen LogP contribution in [0.3, 0.4) is 0 Å². The van der Waals surface area contributed by atoms with E-state index in [4.69, 9.17) is 4.74 Å². The summed E-state index contributed by atoms with van der Waals surface area (Å²) in [5.41, 5.74) is 0. The summed E-state index contributed by atoms with van der Waals surface area (Å²) >= 11 is 0. The number of esters is 1. The number of ether oxygens (including phenoxy) is 2. The molecule has 0 aliphatic carbocycles. The molecule has 0 radical (unpaired) electrons. The number of carbonyl (C=O) groups is 2. The molecule has 5 heteroatoms. The third-order valence-corrected chi connectivity index (χ3v) is 1.88. The van der Waals surface area contributed by atoms with Crippen LogP contribution in [-0.2, 0) is 19.1 Å². The fourth-order valence-corrected chi connectivity index (χ4v) is 1.03. The number of nitrogens with one attached hydrogen (secondary N) is 1. The zero-order valence-electron chi connectivity index (χ0n) is 9.70. The van der Waals surface area contributed by atoms with Crippen molar-refractivity contribution in [3.05, 3.63) is 0 Å². The second kappa shape index (κ2) is 7.23. The topological polar surface area (TPSA) is 64.6 Å². The highest BCUT2D eigenvalue weighted by atomic mass is 16.5. The molecule has 0 aromatic heterocycles. The molecule has 0 aromatic carbocycles. The van der Waals surface area contributed by atoms with Crippen molar-refractivity contribution in [2.45, 2.75) is 26.8 Å². The Kier molecular flexibility index (Phi) is 6.70. The Labute approximate surface area is 90.1 Å². The molecule has 88 valence electrons. The summed E-state index contributed by atoms with van der Waals surface area (Å²) in [5.74, 6) is -0.751. The Hall–Kier alpha value is -1.10. The Morgan fingerprint density at radius 3 is 2.33 bits per heavy atom. The van der Waals surface area contributed by atoms with Gasteiger partial charge in [-0.2, -0.15) is 0 Å². The zero-order valence-corrected chi connectivity index (χ0v) is 9.70. The first-order valence-electron chi connectivity index (χ1n) is 4.97. The number of hydrogen-bond donors (Lipinski definition) is 1. The van der Waals surface area contributed by atoms with Crippen LogP contribution in [0, 0.1) is 5.92 Å². The molecule has 1 amide bonds. The van der Waals surface area contributed by atoms with E-state index in [1.807, 2.05) is 13.8 Å². The number of carbonyl (C=O) groups excluding carboxylic acids is 2. The quantitative estimate of drug-likeness (QED) is 0.651. The Balaban J connectivity index is 4.17. The van der Waals surface area contributed by atoms with Crippen molar-refractivity contribution in [3.63, 3.8) is 0 Å². The van der Waals surface area contributed by atoms with Gasteiger partial charge in [-0.15, -0.1) is 0 Å². The molecule has 15 heavy (non-hydrogen) atoms. The smallest absolute Gasteiger partial charge is 0.328 e. The van der Waals surface area contributed by atoms with Gasteiger partial charge >= 0.3 is 5.97 Å². The van der Waals surface area contributed by atoms with E-state index in [-0.39, 0.29) is 18.4 Å². The van der Waals surface area contributed by atoms with Gasteiger partial charge in [0.15, 0.2) is 0 Å². The van der Waals surface area contributed by atoms with Crippen LogP contribution in [0.4, 0.5) is 0 Å². The standard InChI is InChI=1S/C10H19NO4/c1-5-15-6-8(12)11-9(7(2)3)10(13)14-4/h7,9H,5-6H2,1-4H3,(H,11,12). The second-order valence-corrected chi connectivity index (χ2v) is 3.45. The normalized spacial score (nSPS) is 12.3. The predicted molar refractivity (Wildman–Crippen MR) is 55.3 cm³/mol. The van der Waals surface area contributed by atoms with Gasteiger partial charge in [-0.05, 0) is 12.8 Å². The summed E-state index contributed by atoms with van der Waals surface area (Å²) in [6, 6.07) is -0.608. The van der Waals surface area contributed by atoms with Crippen molar-refractivity contribution in [1.29, 1.82) is 0 Å². The van der Waals surface area contributed by atoms with Gasteiger partial charge in [0.2, 0.25) is 5.91 Å². The number of methoxy groups -OCH3 is 1. The molecule has 0 saturated heterocycles. The molecule has 0 bridgehead atoms. The van der Waals surface area contributed by atoms with Crippen LogP contribution in [0.25, 0.3) is 0 Å². The molecule has 0 saturated carbocycles. The average molecular weight is 217 g/mol. The van der Waals surface area contributed by atoms with Crippen LogP contribution in [0.2, 0.25) is 0 Å². The highest BCUT2D eigenvalue weighted by Gasteiger charge is 2.24. The summed E-state index contributed by atoms with van der Waals surface area (Å²) in [4.78, 5) is 22.6. The third-order valence-electron chi connectivity index (χ3n) is 1.88. The lowest BCUT2D eigenvalue weighted by atomic mass is 10.0. The first kappa shape index (κ1) is 13.9. The number of rotatable bonds is 6. The van der Waals surface area contributed by atoms with E-state index >= 15 is 0 Å². The molecule has 0 aliphatic heterocycles. The van der Waals surface area contributed by atoms with Crippen LogP contribution in [0.15, 0.2) is 0 Å². The summed E-state index contributed by atoms with van der Waals surface area (Å²) < 4.78 is 9.51. The van der Waals surface area contributed by atoms with E-state index in [0.29, 0.717) is 6.61 Å². The Morgan fingerprint density at radius 1 is 1.33 bits per heavy atom. The molecule has 1 unspecified atom stereocenters. The summed E-state index contributed by atoms with van der Waals surface area (Å²) in [6.07, 6.45) is 0. The van der Waals surface area contributed by atoms with E-state index in [9.17, 15) is 9.59 Å². The van der Waals surface area contributed by atoms with E-state index in [2.05, 4.69) is 10.1 Å². The van der Waals surface area contributed by atoms with E-state index < -0.39 is 12.0 Å². The van der Waals surface area contributed by atoms with Gasteiger partial charge < -0.3 is 14.8 Å². The summed E-state index contributed by atoms with van der Waals surface area (Å²) in [7, 11) is 1.30. The predicted octanol–water partition coefficient (Wildman–Crippen LogP) is 0.337. The van der Waals surface area contributed by atoms with Crippen LogP contribution in [0.5, 0.6) is 0 Å². The van der Waals surface area contributed by atoms with Crippen molar-refractivity contribution in [3.8, 4) is 0 Å². The molecular formula is C10H19NO4. The van der Waals surface area contributed by atoms with Crippen molar-refractivity contribution >= 4 is 11.9 Å². The van der Waals surface area contributed by atoms with E-state index in [0.717, 1.165) is 0 Å². The number of hydrogen-bond acceptors (Lipinski definition) is 4. The van der Waals surface area contributed by atoms with Crippen molar-refractivity contribution < 1.29 is 19.1 Å². The Bertz CT molecular complexity index is 215. The monoisotopic (exact) mass is 217 g/mol. The minimum absolute atomic E-state index is 0.0111. The zero-order chi connectivity index (χ0) is 11.8. The van der Waals surface area contributed by atoms with E-state index in [1.54, 1.807) is 6.92 Å². The lowest BCUT2D eigenvalue weighted by Crippen LogP contribution is -2.46. The highest BCUT2D eigenvalue weighted by molar-refractivity contribution is 5.85. The lowest BCUT2D eigenvalue weighted by Gasteiger charge is -2.19. The van der Waals surface area contributed by atoms with Gasteiger partial charge in [0.1, 0.15) is 12.6 Å². The third kappa shape index (κ3) is 5.37. The van der Waals surface area contributed by atoms with Crippen LogP contribution in [-0.4, -0.2) is 38.2 Å². The molecule has 0 fully saturated rings. The van der Waals surface area contributed by atoms with Crippen molar-refractivity contribution in [1.82, 2.24) is 5.32 Å². The maximum atomic E-state index is 11.3. The molecule has 1 N–H and O–H groups in total. The van der Waals surface area contributed by atoms with E-state index in [1.165, 1.54) is 7.11 Å². The lowest BCUT2D eigenvalue weighted by molar-refractivity contribution is -0.146. The molecular weight excluding hydrogens is 198 g/mol. The Morgan fingerprint density at radius 2 is 1.93 bits per heavy atom. The summed E-state index contributed by atoms with van der Waals surface area (Å²) in [6.45, 7) is 5.91. The van der Waals surface area contributed by atoms with Crippen LogP contribution < -0.4 is 5.32 Å². The molecule has 1 atom stereocenters. The fraction of sp³-hybridized carbons (Fsp3) is 0.800. The molecule has 0 aromatic rings. The molecule has 5 nitrogen and oxygen atoms in total. The maximum absolute atomic E-state index is 11.3. The number of amides is 1. The second-order valence-electron chi connectivity index (χ2n) is 3.45. The van der Waals surface area contributed by atoms with Crippen molar-refractivity contribution in [2.75, 3.05) is 20.3 Å². The minimum atomic E-state index is -0.608. The first-order valence-corrected chi connectivity index (χ1v) is 4.97. The average Bonchev–Trinajstić information content (AvgIpc) is 2.21. The van der Waals surface area contributed by atoms with Gasteiger partial charge in [0, 0.05) is 6.61 Å². The molecule has 0 heterocycles. The minimum Gasteiger partial charge on any atom is -0.467 e. The van der Waals surface area contributed by atoms with Crippen molar-refractivity contribution in [2.24, 2.45) is 5.92 Å². The molecule has 0 aliphatic rings. The van der Waals surface area contributed by atoms with Gasteiger partial charge in [-0.1, -0.05) is 13.8 Å². The fourth-order valence-electron chi connectivity index (χ4n) is 1.03. The molecule has 0 rings (SSSR count).